The topological polar surface area (TPSA) is 25.8 Å². The van der Waals surface area contributed by atoms with Crippen molar-refractivity contribution in [1.29, 1.82) is 0 Å². The van der Waals surface area contributed by atoms with Crippen LogP contribution in [0.15, 0.2) is 109 Å². The number of benzene rings is 4. The summed E-state index contributed by atoms with van der Waals surface area (Å²) in [5, 5.41) is 3.24. The maximum atomic E-state index is 13.8. The van der Waals surface area contributed by atoms with Gasteiger partial charge < -0.3 is 9.97 Å². The SMILES string of the molecule is CC(C)Cc1cc(-c2[c-]cccc2)ncc1[Si](C)(C)C.[2H]C([2H])([2H])c1cc(-c2[c-]ccc3c2sc2ccc(F)cc23)ncc1-c1ccccc1.[Ir]. The van der Waals surface area contributed by atoms with Crippen LogP contribution in [0.5, 0.6) is 0 Å². The van der Waals surface area contributed by atoms with Crippen LogP contribution in [0.1, 0.15) is 29.1 Å². The Balaban J connectivity index is 0.000000211. The normalized spacial score (nSPS) is 12.5. The van der Waals surface area contributed by atoms with E-state index in [2.05, 4.69) is 73.9 Å². The van der Waals surface area contributed by atoms with Crippen molar-refractivity contribution >= 4 is 44.8 Å². The van der Waals surface area contributed by atoms with Gasteiger partial charge in [-0.1, -0.05) is 86.9 Å². The number of hydrogen-bond acceptors (Lipinski definition) is 3. The molecule has 0 bridgehead atoms. The number of rotatable bonds is 6. The molecule has 0 atom stereocenters. The molecule has 0 saturated carbocycles. The maximum absolute atomic E-state index is 13.8. The van der Waals surface area contributed by atoms with E-state index >= 15 is 0 Å². The van der Waals surface area contributed by atoms with Crippen molar-refractivity contribution in [1.82, 2.24) is 9.97 Å². The van der Waals surface area contributed by atoms with Gasteiger partial charge >= 0.3 is 0 Å². The first-order valence-corrected chi connectivity index (χ1v) is 20.2. The molecule has 7 aromatic rings. The van der Waals surface area contributed by atoms with Gasteiger partial charge in [0.15, 0.2) is 0 Å². The Bertz CT molecular complexity index is 2270. The van der Waals surface area contributed by atoms with Crippen LogP contribution in [0.4, 0.5) is 4.39 Å². The van der Waals surface area contributed by atoms with Crippen molar-refractivity contribution in [3.05, 3.63) is 139 Å². The molecule has 0 fully saturated rings. The molecule has 3 heterocycles. The van der Waals surface area contributed by atoms with Crippen LogP contribution in [-0.2, 0) is 26.5 Å². The number of nitrogens with zero attached hydrogens (tertiary/aromatic N) is 2. The standard InChI is InChI=1S/C24H15FNS.C18H24NSi.Ir/c1-15-12-22(26-14-21(15)16-6-3-2-4-7-16)19-9-5-8-18-20-13-17(25)10-11-23(20)27-24(18)19;1-14(2)11-16-12-17(15-9-7-6-8-10-15)19-13-18(16)20(3,4)5;/h2-8,10-14H,1H3;6-9,12-14H,11H2,1-5H3;/q2*-1;/i1D3;;. The number of pyridine rings is 2. The average molecular weight is 846 g/mol. The average Bonchev–Trinajstić information content (AvgIpc) is 3.46. The van der Waals surface area contributed by atoms with Crippen molar-refractivity contribution in [3.63, 3.8) is 0 Å². The van der Waals surface area contributed by atoms with Gasteiger partial charge in [-0.05, 0) is 75.2 Å². The van der Waals surface area contributed by atoms with Crippen LogP contribution >= 0.6 is 11.3 Å². The maximum Gasteiger partial charge on any atom is 0.123 e. The molecule has 7 rings (SSSR count). The van der Waals surface area contributed by atoms with Crippen LogP contribution in [0.3, 0.4) is 0 Å². The van der Waals surface area contributed by atoms with E-state index in [1.54, 1.807) is 24.4 Å². The van der Waals surface area contributed by atoms with Gasteiger partial charge in [0.25, 0.3) is 0 Å². The fourth-order valence-corrected chi connectivity index (χ4v) is 8.60. The van der Waals surface area contributed by atoms with Gasteiger partial charge in [-0.3, -0.25) is 0 Å². The molecule has 0 amide bonds. The van der Waals surface area contributed by atoms with Gasteiger partial charge in [0.2, 0.25) is 0 Å². The summed E-state index contributed by atoms with van der Waals surface area (Å²) in [4.78, 5) is 9.28. The predicted molar refractivity (Wildman–Crippen MR) is 202 cm³/mol. The van der Waals surface area contributed by atoms with E-state index in [0.29, 0.717) is 17.2 Å². The Morgan fingerprint density at radius 2 is 1.60 bits per heavy atom. The summed E-state index contributed by atoms with van der Waals surface area (Å²) in [6.07, 6.45) is 4.86. The Morgan fingerprint density at radius 1 is 0.833 bits per heavy atom. The van der Waals surface area contributed by atoms with Crippen molar-refractivity contribution in [2.75, 3.05) is 0 Å². The molecule has 4 aromatic carbocycles. The summed E-state index contributed by atoms with van der Waals surface area (Å²) < 4.78 is 39.8. The molecule has 245 valence electrons. The zero-order valence-corrected chi connectivity index (χ0v) is 31.9. The molecule has 6 heteroatoms. The van der Waals surface area contributed by atoms with Gasteiger partial charge in [-0.15, -0.1) is 59.7 Å². The molecule has 3 aromatic heterocycles. The zero-order chi connectivity index (χ0) is 35.6. The van der Waals surface area contributed by atoms with Gasteiger partial charge in [0.05, 0.1) is 8.07 Å². The Labute approximate surface area is 306 Å². The van der Waals surface area contributed by atoms with Crippen molar-refractivity contribution < 1.29 is 28.6 Å². The Hall–Kier alpha value is -3.80. The molecule has 0 spiro atoms. The largest absolute Gasteiger partial charge is 0.305 e. The summed E-state index contributed by atoms with van der Waals surface area (Å²) >= 11 is 1.53. The third-order valence-corrected chi connectivity index (χ3v) is 11.3. The zero-order valence-electron chi connectivity index (χ0n) is 30.7. The van der Waals surface area contributed by atoms with Crippen LogP contribution in [0, 0.1) is 30.7 Å². The number of fused-ring (bicyclic) bond motifs is 3. The van der Waals surface area contributed by atoms with E-state index in [9.17, 15) is 4.39 Å². The van der Waals surface area contributed by atoms with Crippen molar-refractivity contribution in [2.24, 2.45) is 5.92 Å². The molecular weight excluding hydrogens is 804 g/mol. The Kier molecular flexibility index (Phi) is 9.95. The minimum atomic E-state index is -2.29. The van der Waals surface area contributed by atoms with Gasteiger partial charge in [0, 0.05) is 46.9 Å². The van der Waals surface area contributed by atoms with Gasteiger partial charge in [-0.25, -0.2) is 4.39 Å². The molecule has 0 aliphatic heterocycles. The summed E-state index contributed by atoms with van der Waals surface area (Å²) in [6.45, 7) is 9.44. The van der Waals surface area contributed by atoms with Crippen LogP contribution in [-0.4, -0.2) is 18.0 Å². The molecule has 48 heavy (non-hydrogen) atoms. The second kappa shape index (κ2) is 15.2. The molecule has 1 radical (unpaired) electrons. The molecule has 0 saturated heterocycles. The van der Waals surface area contributed by atoms with Crippen LogP contribution in [0.2, 0.25) is 19.6 Å². The molecule has 2 nitrogen and oxygen atoms in total. The summed E-state index contributed by atoms with van der Waals surface area (Å²) in [6, 6.07) is 36.3. The summed E-state index contributed by atoms with van der Waals surface area (Å²) in [5.41, 5.74) is 6.50. The van der Waals surface area contributed by atoms with Gasteiger partial charge in [-0.2, -0.15) is 11.3 Å². The molecular formula is C42H39FIrN2SSi-2. The molecule has 0 aliphatic rings. The first-order valence-electron chi connectivity index (χ1n) is 17.3. The Morgan fingerprint density at radius 3 is 2.31 bits per heavy atom. The monoisotopic (exact) mass is 846 g/mol. The van der Waals surface area contributed by atoms with E-state index in [4.69, 9.17) is 4.11 Å². The first kappa shape index (κ1) is 31.5. The summed E-state index contributed by atoms with van der Waals surface area (Å²) in [5.74, 6) is 0.381. The molecule has 0 aliphatic carbocycles. The van der Waals surface area contributed by atoms with E-state index in [1.165, 1.54) is 34.2 Å². The molecule has 0 N–H and O–H groups in total. The number of thiophene rings is 1. The number of aryl methyl sites for hydroxylation is 1. The van der Waals surface area contributed by atoms with Crippen LogP contribution in [0.25, 0.3) is 53.8 Å². The second-order valence-corrected chi connectivity index (χ2v) is 19.3. The predicted octanol–water partition coefficient (Wildman–Crippen LogP) is 11.3. The third kappa shape index (κ3) is 7.90. The third-order valence-electron chi connectivity index (χ3n) is 8.05. The first-order chi connectivity index (χ1) is 23.8. The number of aromatic nitrogens is 2. The number of hydrogen-bond donors (Lipinski definition) is 0. The smallest absolute Gasteiger partial charge is 0.123 e. The van der Waals surface area contributed by atoms with Crippen molar-refractivity contribution in [3.8, 4) is 33.6 Å². The van der Waals surface area contributed by atoms with E-state index in [1.807, 2.05) is 54.6 Å². The second-order valence-electron chi connectivity index (χ2n) is 13.2. The quantitative estimate of drug-likeness (QED) is 0.123. The number of halogens is 1. The van der Waals surface area contributed by atoms with Gasteiger partial charge in [0.1, 0.15) is 5.82 Å². The minimum Gasteiger partial charge on any atom is -0.305 e. The van der Waals surface area contributed by atoms with E-state index in [0.717, 1.165) is 49.0 Å². The van der Waals surface area contributed by atoms with Crippen molar-refractivity contribution in [2.45, 2.75) is 46.8 Å². The van der Waals surface area contributed by atoms with E-state index in [-0.39, 0.29) is 31.5 Å². The fraction of sp³-hybridized carbons (Fsp3) is 0.190. The molecule has 0 unspecified atom stereocenters. The fourth-order valence-electron chi connectivity index (χ4n) is 5.83. The van der Waals surface area contributed by atoms with E-state index < -0.39 is 14.9 Å². The van der Waals surface area contributed by atoms with Crippen LogP contribution < -0.4 is 5.19 Å². The minimum absolute atomic E-state index is 0. The summed E-state index contributed by atoms with van der Waals surface area (Å²) in [7, 11) is -1.34.